The normalized spacial score (nSPS) is 9.73. The van der Waals surface area contributed by atoms with Crippen LogP contribution in [-0.2, 0) is 0 Å². The number of aryl methyl sites for hydroxylation is 1. The molecule has 1 aromatic heterocycles. The van der Waals surface area contributed by atoms with Crippen molar-refractivity contribution in [3.05, 3.63) is 10.2 Å². The molecule has 0 saturated carbocycles. The van der Waals surface area contributed by atoms with Gasteiger partial charge in [0.05, 0.1) is 17.3 Å². The fourth-order valence-corrected chi connectivity index (χ4v) is 0.824. The van der Waals surface area contributed by atoms with Gasteiger partial charge in [-0.25, -0.2) is 0 Å². The second-order valence-electron chi connectivity index (χ2n) is 1.99. The van der Waals surface area contributed by atoms with E-state index in [1.165, 1.54) is 7.11 Å². The zero-order valence-corrected chi connectivity index (χ0v) is 7.84. The number of halogens is 1. The van der Waals surface area contributed by atoms with Crippen molar-refractivity contribution in [1.82, 2.24) is 9.97 Å². The third kappa shape index (κ3) is 1.59. The van der Waals surface area contributed by atoms with Crippen molar-refractivity contribution in [1.29, 1.82) is 0 Å². The van der Waals surface area contributed by atoms with Crippen molar-refractivity contribution < 1.29 is 4.74 Å². The van der Waals surface area contributed by atoms with E-state index in [9.17, 15) is 0 Å². The Morgan fingerprint density at radius 2 is 2.09 bits per heavy atom. The molecule has 0 atom stereocenters. The first-order valence-electron chi connectivity index (χ1n) is 2.98. The highest BCUT2D eigenvalue weighted by Gasteiger charge is 2.05. The first-order chi connectivity index (χ1) is 5.15. The Hall–Kier alpha value is -0.840. The minimum absolute atomic E-state index is 0.295. The number of nitrogen functional groups attached to an aromatic ring is 1. The topological polar surface area (TPSA) is 61.0 Å². The van der Waals surface area contributed by atoms with Crippen LogP contribution >= 0.6 is 15.9 Å². The maximum atomic E-state index is 5.52. The highest BCUT2D eigenvalue weighted by atomic mass is 79.9. The van der Waals surface area contributed by atoms with Gasteiger partial charge < -0.3 is 10.5 Å². The number of aromatic nitrogens is 2. The van der Waals surface area contributed by atoms with Crippen molar-refractivity contribution in [2.75, 3.05) is 12.8 Å². The van der Waals surface area contributed by atoms with Gasteiger partial charge in [-0.1, -0.05) is 0 Å². The minimum Gasteiger partial charge on any atom is -0.467 e. The molecule has 1 heterocycles. The van der Waals surface area contributed by atoms with Crippen molar-refractivity contribution in [2.24, 2.45) is 0 Å². The monoisotopic (exact) mass is 217 g/mol. The Balaban J connectivity index is 3.21. The maximum Gasteiger partial charge on any atom is 0.318 e. The fraction of sp³-hybridized carbons (Fsp3) is 0.333. The van der Waals surface area contributed by atoms with Crippen LogP contribution in [0.1, 0.15) is 5.69 Å². The molecule has 0 aliphatic rings. The lowest BCUT2D eigenvalue weighted by Crippen LogP contribution is -2.00. The summed E-state index contributed by atoms with van der Waals surface area (Å²) in [4.78, 5) is 7.84. The molecule has 0 unspecified atom stereocenters. The lowest BCUT2D eigenvalue weighted by Gasteiger charge is -2.02. The summed E-state index contributed by atoms with van der Waals surface area (Å²) in [5.41, 5.74) is 6.29. The minimum atomic E-state index is 0.295. The molecule has 0 aromatic carbocycles. The molecule has 2 N–H and O–H groups in total. The predicted octanol–water partition coefficient (Wildman–Crippen LogP) is 1.14. The highest BCUT2D eigenvalue weighted by Crippen LogP contribution is 2.21. The van der Waals surface area contributed by atoms with Crippen LogP contribution in [0.25, 0.3) is 0 Å². The van der Waals surface area contributed by atoms with Crippen molar-refractivity contribution in [3.8, 4) is 6.01 Å². The zero-order chi connectivity index (χ0) is 8.43. The molecule has 11 heavy (non-hydrogen) atoms. The molecule has 0 amide bonds. The van der Waals surface area contributed by atoms with Gasteiger partial charge in [0.25, 0.3) is 0 Å². The van der Waals surface area contributed by atoms with Gasteiger partial charge in [0.1, 0.15) is 5.82 Å². The molecule has 4 nitrogen and oxygen atoms in total. The summed E-state index contributed by atoms with van der Waals surface area (Å²) >= 11 is 3.24. The largest absolute Gasteiger partial charge is 0.467 e. The van der Waals surface area contributed by atoms with E-state index in [1.807, 2.05) is 6.92 Å². The zero-order valence-electron chi connectivity index (χ0n) is 6.26. The van der Waals surface area contributed by atoms with E-state index < -0.39 is 0 Å². The van der Waals surface area contributed by atoms with Gasteiger partial charge in [0.2, 0.25) is 0 Å². The van der Waals surface area contributed by atoms with E-state index in [0.717, 1.165) is 10.2 Å². The average Bonchev–Trinajstić information content (AvgIpc) is 1.99. The van der Waals surface area contributed by atoms with E-state index in [-0.39, 0.29) is 0 Å². The SMILES string of the molecule is COc1nc(C)c(Br)c(N)n1. The number of nitrogens with zero attached hydrogens (tertiary/aromatic N) is 2. The van der Waals surface area contributed by atoms with E-state index in [1.54, 1.807) is 0 Å². The molecule has 1 rings (SSSR count). The number of nitrogens with two attached hydrogens (primary N) is 1. The summed E-state index contributed by atoms with van der Waals surface area (Å²) in [6.45, 7) is 1.82. The van der Waals surface area contributed by atoms with E-state index in [2.05, 4.69) is 25.9 Å². The second kappa shape index (κ2) is 3.04. The second-order valence-corrected chi connectivity index (χ2v) is 2.79. The molecule has 0 bridgehead atoms. The Kier molecular flexibility index (Phi) is 2.28. The van der Waals surface area contributed by atoms with Gasteiger partial charge in [-0.2, -0.15) is 9.97 Å². The quantitative estimate of drug-likeness (QED) is 0.767. The van der Waals surface area contributed by atoms with Crippen LogP contribution in [0.15, 0.2) is 4.47 Å². The number of hydrogen-bond acceptors (Lipinski definition) is 4. The lowest BCUT2D eigenvalue weighted by atomic mass is 10.4. The average molecular weight is 218 g/mol. The van der Waals surface area contributed by atoms with Crippen LogP contribution in [-0.4, -0.2) is 17.1 Å². The molecule has 1 aromatic rings. The molecule has 5 heteroatoms. The Morgan fingerprint density at radius 3 is 2.55 bits per heavy atom. The Morgan fingerprint density at radius 1 is 1.45 bits per heavy atom. The molecular weight excluding hydrogens is 210 g/mol. The molecule has 0 aliphatic carbocycles. The summed E-state index contributed by atoms with van der Waals surface area (Å²) in [5, 5.41) is 0. The van der Waals surface area contributed by atoms with Crippen LogP contribution in [0.3, 0.4) is 0 Å². The molecule has 0 saturated heterocycles. The number of methoxy groups -OCH3 is 1. The summed E-state index contributed by atoms with van der Waals surface area (Å²) in [6, 6.07) is 0.295. The molecule has 0 radical (unpaired) electrons. The van der Waals surface area contributed by atoms with Crippen LogP contribution in [0.5, 0.6) is 6.01 Å². The first-order valence-corrected chi connectivity index (χ1v) is 3.78. The molecule has 0 aliphatic heterocycles. The van der Waals surface area contributed by atoms with Gasteiger partial charge in [-0.05, 0) is 22.9 Å². The number of anilines is 1. The third-order valence-corrected chi connectivity index (χ3v) is 2.18. The Labute approximate surface area is 72.9 Å². The van der Waals surface area contributed by atoms with Gasteiger partial charge in [-0.15, -0.1) is 0 Å². The van der Waals surface area contributed by atoms with E-state index in [4.69, 9.17) is 10.5 Å². The number of rotatable bonds is 1. The van der Waals surface area contributed by atoms with Gasteiger partial charge in [0, 0.05) is 0 Å². The fourth-order valence-electron chi connectivity index (χ4n) is 0.646. The number of hydrogen-bond donors (Lipinski definition) is 1. The van der Waals surface area contributed by atoms with Crippen LogP contribution in [0.2, 0.25) is 0 Å². The molecule has 60 valence electrons. The van der Waals surface area contributed by atoms with Crippen LogP contribution in [0.4, 0.5) is 5.82 Å². The van der Waals surface area contributed by atoms with Crippen molar-refractivity contribution in [3.63, 3.8) is 0 Å². The summed E-state index contributed by atoms with van der Waals surface area (Å²) < 4.78 is 5.53. The van der Waals surface area contributed by atoms with Gasteiger partial charge >= 0.3 is 6.01 Å². The van der Waals surface area contributed by atoms with E-state index >= 15 is 0 Å². The molecule has 0 fully saturated rings. The lowest BCUT2D eigenvalue weighted by molar-refractivity contribution is 0.379. The summed E-state index contributed by atoms with van der Waals surface area (Å²) in [6.07, 6.45) is 0. The summed E-state index contributed by atoms with van der Waals surface area (Å²) in [7, 11) is 1.50. The smallest absolute Gasteiger partial charge is 0.318 e. The third-order valence-electron chi connectivity index (χ3n) is 1.20. The predicted molar refractivity (Wildman–Crippen MR) is 45.4 cm³/mol. The van der Waals surface area contributed by atoms with Crippen molar-refractivity contribution in [2.45, 2.75) is 6.92 Å². The Bertz CT molecular complexity index is 254. The standard InChI is InChI=1S/C6H8BrN3O/c1-3-4(7)5(8)10-6(9-3)11-2/h1-2H3,(H2,8,9,10). The molecular formula is C6H8BrN3O. The maximum absolute atomic E-state index is 5.52. The van der Waals surface area contributed by atoms with Gasteiger partial charge in [0.15, 0.2) is 0 Å². The summed E-state index contributed by atoms with van der Waals surface area (Å²) in [5.74, 6) is 0.398. The van der Waals surface area contributed by atoms with Crippen LogP contribution < -0.4 is 10.5 Å². The van der Waals surface area contributed by atoms with E-state index in [0.29, 0.717) is 11.8 Å². The first kappa shape index (κ1) is 8.26. The van der Waals surface area contributed by atoms with Gasteiger partial charge in [-0.3, -0.25) is 0 Å². The van der Waals surface area contributed by atoms with Crippen molar-refractivity contribution >= 4 is 21.7 Å². The van der Waals surface area contributed by atoms with Crippen LogP contribution in [0, 0.1) is 6.92 Å². The molecule has 0 spiro atoms. The highest BCUT2D eigenvalue weighted by molar-refractivity contribution is 9.10. The number of ether oxygens (including phenoxy) is 1.